The summed E-state index contributed by atoms with van der Waals surface area (Å²) in [7, 11) is 3.82. The van der Waals surface area contributed by atoms with Crippen LogP contribution in [-0.4, -0.2) is 19.9 Å². The summed E-state index contributed by atoms with van der Waals surface area (Å²) in [4.78, 5) is 26.5. The van der Waals surface area contributed by atoms with Crippen LogP contribution in [0, 0.1) is 0 Å². The van der Waals surface area contributed by atoms with Gasteiger partial charge in [0.15, 0.2) is 5.78 Å². The van der Waals surface area contributed by atoms with Gasteiger partial charge in [0.25, 0.3) is 0 Å². The van der Waals surface area contributed by atoms with Crippen LogP contribution in [0.15, 0.2) is 63.8 Å². The molecule has 3 aromatic rings. The normalized spacial score (nSPS) is 10.6. The van der Waals surface area contributed by atoms with Crippen molar-refractivity contribution in [3.05, 3.63) is 76.1 Å². The molecule has 22 heavy (non-hydrogen) atoms. The van der Waals surface area contributed by atoms with E-state index in [4.69, 9.17) is 4.42 Å². The second-order valence-corrected chi connectivity index (χ2v) is 5.26. The summed E-state index contributed by atoms with van der Waals surface area (Å²) in [5.74, 6) is -0.326. The first-order chi connectivity index (χ1) is 10.6. The number of carbonyl (C=O) groups is 1. The smallest absolute Gasteiger partial charge is 0.347 e. The maximum absolute atomic E-state index is 12.4. The Morgan fingerprint density at radius 3 is 2.41 bits per heavy atom. The Hall–Kier alpha value is -2.88. The topological polar surface area (TPSA) is 50.5 Å². The average Bonchev–Trinajstić information content (AvgIpc) is 2.53. The van der Waals surface area contributed by atoms with Gasteiger partial charge in [0, 0.05) is 36.8 Å². The van der Waals surface area contributed by atoms with E-state index in [9.17, 15) is 9.59 Å². The van der Waals surface area contributed by atoms with Gasteiger partial charge in [-0.1, -0.05) is 30.3 Å². The van der Waals surface area contributed by atoms with E-state index >= 15 is 0 Å². The Bertz CT molecular complexity index is 895. The first-order valence-electron chi connectivity index (χ1n) is 6.91. The molecule has 0 aliphatic rings. The van der Waals surface area contributed by atoms with Gasteiger partial charge in [-0.3, -0.25) is 4.79 Å². The molecule has 1 aromatic heterocycles. The third-order valence-corrected chi connectivity index (χ3v) is 3.52. The lowest BCUT2D eigenvalue weighted by molar-refractivity contribution is 0.103. The average molecular weight is 293 g/mol. The Kier molecular flexibility index (Phi) is 3.51. The highest BCUT2D eigenvalue weighted by Crippen LogP contribution is 2.21. The molecule has 3 rings (SSSR count). The van der Waals surface area contributed by atoms with E-state index < -0.39 is 5.63 Å². The van der Waals surface area contributed by atoms with E-state index in [-0.39, 0.29) is 11.3 Å². The largest absolute Gasteiger partial charge is 0.422 e. The number of ketones is 1. The number of anilines is 1. The van der Waals surface area contributed by atoms with Crippen LogP contribution in [0.25, 0.3) is 11.0 Å². The molecule has 0 atom stereocenters. The van der Waals surface area contributed by atoms with Crippen molar-refractivity contribution in [3.63, 3.8) is 0 Å². The highest BCUT2D eigenvalue weighted by atomic mass is 16.4. The SMILES string of the molecule is CN(C)c1ccc2cc(C(=O)c3ccccc3)c(=O)oc2c1. The van der Waals surface area contributed by atoms with Crippen LogP contribution in [0.1, 0.15) is 15.9 Å². The van der Waals surface area contributed by atoms with Gasteiger partial charge < -0.3 is 9.32 Å². The van der Waals surface area contributed by atoms with Crippen molar-refractivity contribution >= 4 is 22.4 Å². The minimum atomic E-state index is -0.614. The van der Waals surface area contributed by atoms with Gasteiger partial charge in [0.05, 0.1) is 0 Å². The lowest BCUT2D eigenvalue weighted by atomic mass is 10.0. The zero-order valence-electron chi connectivity index (χ0n) is 12.4. The van der Waals surface area contributed by atoms with Crippen LogP contribution in [-0.2, 0) is 0 Å². The monoisotopic (exact) mass is 293 g/mol. The summed E-state index contributed by atoms with van der Waals surface area (Å²) in [6, 6.07) is 15.8. The van der Waals surface area contributed by atoms with Gasteiger partial charge in [0.1, 0.15) is 11.1 Å². The van der Waals surface area contributed by atoms with E-state index in [1.165, 1.54) is 0 Å². The van der Waals surface area contributed by atoms with Crippen molar-refractivity contribution < 1.29 is 9.21 Å². The Labute approximate surface area is 127 Å². The van der Waals surface area contributed by atoms with Crippen LogP contribution in [0.5, 0.6) is 0 Å². The maximum Gasteiger partial charge on any atom is 0.347 e. The second kappa shape index (κ2) is 5.48. The van der Waals surface area contributed by atoms with Crippen LogP contribution in [0.4, 0.5) is 5.69 Å². The zero-order valence-corrected chi connectivity index (χ0v) is 12.4. The van der Waals surface area contributed by atoms with Crippen LogP contribution >= 0.6 is 0 Å². The number of carbonyl (C=O) groups excluding carboxylic acids is 1. The van der Waals surface area contributed by atoms with Gasteiger partial charge >= 0.3 is 5.63 Å². The minimum Gasteiger partial charge on any atom is -0.422 e. The summed E-state index contributed by atoms with van der Waals surface area (Å²) < 4.78 is 5.32. The number of rotatable bonds is 3. The van der Waals surface area contributed by atoms with Crippen LogP contribution in [0.3, 0.4) is 0 Å². The van der Waals surface area contributed by atoms with Gasteiger partial charge in [-0.2, -0.15) is 0 Å². The molecule has 0 spiro atoms. The molecule has 0 fully saturated rings. The molecule has 4 nitrogen and oxygen atoms in total. The summed E-state index contributed by atoms with van der Waals surface area (Å²) in [5.41, 5.74) is 1.31. The van der Waals surface area contributed by atoms with Crippen molar-refractivity contribution in [2.45, 2.75) is 0 Å². The minimum absolute atomic E-state index is 0.0521. The predicted molar refractivity (Wildman–Crippen MR) is 86.7 cm³/mol. The Morgan fingerprint density at radius 1 is 1.00 bits per heavy atom. The predicted octanol–water partition coefficient (Wildman–Crippen LogP) is 3.09. The molecule has 0 unspecified atom stereocenters. The molecule has 0 saturated heterocycles. The Morgan fingerprint density at radius 2 is 1.73 bits per heavy atom. The number of hydrogen-bond acceptors (Lipinski definition) is 4. The number of fused-ring (bicyclic) bond motifs is 1. The lowest BCUT2D eigenvalue weighted by Crippen LogP contribution is -2.15. The molecule has 0 aliphatic carbocycles. The first-order valence-corrected chi connectivity index (χ1v) is 6.91. The van der Waals surface area contributed by atoms with Crippen LogP contribution in [0.2, 0.25) is 0 Å². The van der Waals surface area contributed by atoms with E-state index in [1.54, 1.807) is 36.4 Å². The molecule has 0 saturated carbocycles. The van der Waals surface area contributed by atoms with E-state index in [0.717, 1.165) is 11.1 Å². The van der Waals surface area contributed by atoms with Crippen molar-refractivity contribution in [2.24, 2.45) is 0 Å². The number of hydrogen-bond donors (Lipinski definition) is 0. The molecule has 2 aromatic carbocycles. The number of nitrogens with zero attached hydrogens (tertiary/aromatic N) is 1. The molecule has 1 heterocycles. The molecule has 0 N–H and O–H groups in total. The second-order valence-electron chi connectivity index (χ2n) is 5.26. The molecule has 0 amide bonds. The molecular formula is C18H15NO3. The van der Waals surface area contributed by atoms with Crippen molar-refractivity contribution in [2.75, 3.05) is 19.0 Å². The number of benzene rings is 2. The third kappa shape index (κ3) is 2.51. The van der Waals surface area contributed by atoms with Crippen LogP contribution < -0.4 is 10.5 Å². The van der Waals surface area contributed by atoms with Gasteiger partial charge in [-0.25, -0.2) is 4.79 Å². The van der Waals surface area contributed by atoms with Gasteiger partial charge in [0.2, 0.25) is 0 Å². The Balaban J connectivity index is 2.12. The zero-order chi connectivity index (χ0) is 15.7. The third-order valence-electron chi connectivity index (χ3n) is 3.52. The highest BCUT2D eigenvalue weighted by molar-refractivity contribution is 6.09. The molecule has 0 radical (unpaired) electrons. The molecule has 4 heteroatoms. The van der Waals surface area contributed by atoms with Gasteiger partial charge in [-0.15, -0.1) is 0 Å². The van der Waals surface area contributed by atoms with E-state index in [0.29, 0.717) is 11.1 Å². The summed E-state index contributed by atoms with van der Waals surface area (Å²) in [6.45, 7) is 0. The first kappa shape index (κ1) is 14.1. The molecule has 0 aliphatic heterocycles. The summed E-state index contributed by atoms with van der Waals surface area (Å²) >= 11 is 0. The summed E-state index contributed by atoms with van der Waals surface area (Å²) in [6.07, 6.45) is 0. The fraction of sp³-hybridized carbons (Fsp3) is 0.111. The van der Waals surface area contributed by atoms with E-state index in [1.807, 2.05) is 37.2 Å². The standard InChI is InChI=1S/C18H15NO3/c1-19(2)14-9-8-13-10-15(18(21)22-16(13)11-14)17(20)12-6-4-3-5-7-12/h3-11H,1-2H3. The summed E-state index contributed by atoms with van der Waals surface area (Å²) in [5, 5.41) is 0.726. The van der Waals surface area contributed by atoms with Crippen molar-refractivity contribution in [1.29, 1.82) is 0 Å². The quantitative estimate of drug-likeness (QED) is 0.550. The maximum atomic E-state index is 12.4. The fourth-order valence-electron chi connectivity index (χ4n) is 2.28. The van der Waals surface area contributed by atoms with Crippen molar-refractivity contribution in [3.8, 4) is 0 Å². The van der Waals surface area contributed by atoms with E-state index in [2.05, 4.69) is 0 Å². The van der Waals surface area contributed by atoms with Gasteiger partial charge in [-0.05, 0) is 18.2 Å². The molecule has 0 bridgehead atoms. The van der Waals surface area contributed by atoms with Crippen molar-refractivity contribution in [1.82, 2.24) is 0 Å². The lowest BCUT2D eigenvalue weighted by Gasteiger charge is -2.12. The molecule has 110 valence electrons. The fourth-order valence-corrected chi connectivity index (χ4v) is 2.28. The highest BCUT2D eigenvalue weighted by Gasteiger charge is 2.15. The molecular weight excluding hydrogens is 278 g/mol.